The summed E-state index contributed by atoms with van der Waals surface area (Å²) in [6, 6.07) is 13.1. The fraction of sp³-hybridized carbons (Fsp3) is 0.105. The molecule has 4 rings (SSSR count). The highest BCUT2D eigenvalue weighted by Gasteiger charge is 2.05. The zero-order valence-electron chi connectivity index (χ0n) is 14.4. The van der Waals surface area contributed by atoms with Crippen molar-refractivity contribution in [2.24, 2.45) is 0 Å². The van der Waals surface area contributed by atoms with Gasteiger partial charge in [-0.2, -0.15) is 4.98 Å². The maximum absolute atomic E-state index is 5.70. The van der Waals surface area contributed by atoms with Crippen molar-refractivity contribution in [2.45, 2.75) is 6.42 Å². The van der Waals surface area contributed by atoms with Crippen molar-refractivity contribution >= 4 is 22.8 Å². The number of ether oxygens (including phenoxy) is 1. The molecule has 1 aromatic carbocycles. The number of nitrogen functional groups attached to an aromatic ring is 1. The van der Waals surface area contributed by atoms with Crippen LogP contribution >= 0.6 is 0 Å². The van der Waals surface area contributed by atoms with Crippen LogP contribution in [-0.4, -0.2) is 31.5 Å². The van der Waals surface area contributed by atoms with Gasteiger partial charge in [-0.1, -0.05) is 18.2 Å². The lowest BCUT2D eigenvalue weighted by atomic mass is 10.1. The summed E-state index contributed by atoms with van der Waals surface area (Å²) < 4.78 is 5.70. The van der Waals surface area contributed by atoms with E-state index in [0.717, 1.165) is 6.42 Å². The van der Waals surface area contributed by atoms with Gasteiger partial charge in [0.25, 0.3) is 0 Å². The third kappa shape index (κ3) is 4.06. The average molecular weight is 359 g/mol. The predicted molar refractivity (Wildman–Crippen MR) is 102 cm³/mol. The van der Waals surface area contributed by atoms with Crippen molar-refractivity contribution < 1.29 is 4.74 Å². The van der Waals surface area contributed by atoms with Crippen LogP contribution in [0.5, 0.6) is 11.6 Å². The van der Waals surface area contributed by atoms with Crippen molar-refractivity contribution in [1.29, 1.82) is 0 Å². The van der Waals surface area contributed by atoms with E-state index in [0.29, 0.717) is 41.0 Å². The summed E-state index contributed by atoms with van der Waals surface area (Å²) in [5, 5.41) is 3.29. The molecule has 0 aliphatic heterocycles. The van der Waals surface area contributed by atoms with Gasteiger partial charge in [-0.05, 0) is 30.2 Å². The predicted octanol–water partition coefficient (Wildman–Crippen LogP) is 2.84. The summed E-state index contributed by atoms with van der Waals surface area (Å²) in [7, 11) is 0. The number of nitrogens with two attached hydrogens (primary N) is 1. The van der Waals surface area contributed by atoms with Crippen LogP contribution in [0.15, 0.2) is 61.2 Å². The molecule has 0 aliphatic rings. The highest BCUT2D eigenvalue weighted by atomic mass is 16.5. The molecule has 3 aromatic heterocycles. The molecule has 0 radical (unpaired) electrons. The van der Waals surface area contributed by atoms with Gasteiger partial charge in [0.15, 0.2) is 11.5 Å². The summed E-state index contributed by atoms with van der Waals surface area (Å²) in [5.74, 6) is 2.29. The molecule has 8 nitrogen and oxygen atoms in total. The van der Waals surface area contributed by atoms with Crippen molar-refractivity contribution in [3.8, 4) is 11.6 Å². The van der Waals surface area contributed by atoms with E-state index in [-0.39, 0.29) is 0 Å². The Hall–Kier alpha value is -3.81. The molecule has 4 aromatic rings. The van der Waals surface area contributed by atoms with Crippen molar-refractivity contribution in [1.82, 2.24) is 24.9 Å². The molecule has 0 saturated carbocycles. The molecular formula is C19H17N7O. The molecule has 0 atom stereocenters. The molecule has 0 aliphatic carbocycles. The van der Waals surface area contributed by atoms with Crippen LogP contribution < -0.4 is 15.8 Å². The van der Waals surface area contributed by atoms with Gasteiger partial charge in [0.05, 0.1) is 0 Å². The quantitative estimate of drug-likeness (QED) is 0.540. The summed E-state index contributed by atoms with van der Waals surface area (Å²) >= 11 is 0. The van der Waals surface area contributed by atoms with E-state index < -0.39 is 0 Å². The molecule has 134 valence electrons. The number of anilines is 2. The minimum atomic E-state index is 0.428. The van der Waals surface area contributed by atoms with Gasteiger partial charge in [0.2, 0.25) is 5.88 Å². The Morgan fingerprint density at radius 3 is 2.63 bits per heavy atom. The molecular weight excluding hydrogens is 342 g/mol. The third-order valence-corrected chi connectivity index (χ3v) is 3.87. The topological polar surface area (TPSA) is 112 Å². The van der Waals surface area contributed by atoms with Gasteiger partial charge < -0.3 is 15.8 Å². The number of benzene rings is 1. The highest BCUT2D eigenvalue weighted by Crippen LogP contribution is 2.21. The molecule has 27 heavy (non-hydrogen) atoms. The van der Waals surface area contributed by atoms with Crippen LogP contribution in [0.1, 0.15) is 5.56 Å². The molecule has 3 heterocycles. The Morgan fingerprint density at radius 2 is 1.78 bits per heavy atom. The molecule has 0 saturated heterocycles. The van der Waals surface area contributed by atoms with Gasteiger partial charge in [0.1, 0.15) is 23.4 Å². The number of nitrogens with one attached hydrogen (secondary N) is 1. The van der Waals surface area contributed by atoms with E-state index >= 15 is 0 Å². The number of hydrogen-bond donors (Lipinski definition) is 2. The molecule has 3 N–H and O–H groups in total. The van der Waals surface area contributed by atoms with E-state index in [4.69, 9.17) is 10.5 Å². The van der Waals surface area contributed by atoms with Crippen molar-refractivity contribution in [3.63, 3.8) is 0 Å². The third-order valence-electron chi connectivity index (χ3n) is 3.87. The van der Waals surface area contributed by atoms with Crippen molar-refractivity contribution in [2.75, 3.05) is 17.6 Å². The number of pyridine rings is 1. The smallest absolute Gasteiger partial charge is 0.221 e. The summed E-state index contributed by atoms with van der Waals surface area (Å²) in [4.78, 5) is 20.9. The Bertz CT molecular complexity index is 1050. The van der Waals surface area contributed by atoms with E-state index in [1.165, 1.54) is 11.9 Å². The monoisotopic (exact) mass is 359 g/mol. The van der Waals surface area contributed by atoms with E-state index in [1.54, 1.807) is 30.6 Å². The molecule has 8 heteroatoms. The largest absolute Gasteiger partial charge is 0.439 e. The number of hydrogen-bond acceptors (Lipinski definition) is 8. The Kier molecular flexibility index (Phi) is 4.69. The molecule has 0 spiro atoms. The Labute approximate surface area is 155 Å². The molecule has 0 unspecified atom stereocenters. The van der Waals surface area contributed by atoms with Gasteiger partial charge >= 0.3 is 0 Å². The first-order valence-corrected chi connectivity index (χ1v) is 8.43. The van der Waals surface area contributed by atoms with Crippen LogP contribution in [-0.2, 0) is 6.42 Å². The Balaban J connectivity index is 1.36. The lowest BCUT2D eigenvalue weighted by Crippen LogP contribution is -2.08. The number of aromatic nitrogens is 5. The summed E-state index contributed by atoms with van der Waals surface area (Å²) in [6.07, 6.45) is 5.55. The number of nitrogens with zero attached hydrogens (tertiary/aromatic N) is 5. The summed E-state index contributed by atoms with van der Waals surface area (Å²) in [6.45, 7) is 0.708. The van der Waals surface area contributed by atoms with E-state index in [2.05, 4.69) is 30.2 Å². The fourth-order valence-electron chi connectivity index (χ4n) is 2.58. The van der Waals surface area contributed by atoms with Crippen LogP contribution in [0.4, 0.5) is 11.6 Å². The van der Waals surface area contributed by atoms with Crippen LogP contribution in [0.25, 0.3) is 11.2 Å². The lowest BCUT2D eigenvalue weighted by molar-refractivity contribution is 0.463. The normalized spacial score (nSPS) is 10.7. The second-order valence-electron chi connectivity index (χ2n) is 5.77. The van der Waals surface area contributed by atoms with Gasteiger partial charge in [0, 0.05) is 25.0 Å². The Morgan fingerprint density at radius 1 is 0.926 bits per heavy atom. The zero-order valence-corrected chi connectivity index (χ0v) is 14.4. The molecule has 0 fully saturated rings. The zero-order chi connectivity index (χ0) is 18.5. The van der Waals surface area contributed by atoms with E-state index in [9.17, 15) is 0 Å². The lowest BCUT2D eigenvalue weighted by Gasteiger charge is -2.08. The highest BCUT2D eigenvalue weighted by molar-refractivity contribution is 5.81. The van der Waals surface area contributed by atoms with E-state index in [1.807, 2.05) is 24.3 Å². The second kappa shape index (κ2) is 7.61. The molecule has 0 amide bonds. The SMILES string of the molecule is Nc1cccc(Oc2ccc(CCNc3ncnc4nccnc34)cc2)n1. The van der Waals surface area contributed by atoms with Gasteiger partial charge in [-0.3, -0.25) is 0 Å². The minimum absolute atomic E-state index is 0.428. The van der Waals surface area contributed by atoms with Gasteiger partial charge in [-0.25, -0.2) is 19.9 Å². The van der Waals surface area contributed by atoms with Gasteiger partial charge in [-0.15, -0.1) is 0 Å². The van der Waals surface area contributed by atoms with Crippen LogP contribution in [0, 0.1) is 0 Å². The summed E-state index contributed by atoms with van der Waals surface area (Å²) in [5.41, 5.74) is 8.07. The maximum atomic E-state index is 5.70. The first-order chi connectivity index (χ1) is 13.3. The first-order valence-electron chi connectivity index (χ1n) is 8.43. The van der Waals surface area contributed by atoms with Crippen LogP contribution in [0.3, 0.4) is 0 Å². The number of rotatable bonds is 6. The maximum Gasteiger partial charge on any atom is 0.221 e. The standard InChI is InChI=1S/C19H17N7O/c20-15-2-1-3-16(26-15)27-14-6-4-13(5-7-14)8-9-22-18-17-19(25-12-24-18)23-11-10-21-17/h1-7,10-12H,8-9H2,(H2,20,26)(H,22,23,24,25). The number of fused-ring (bicyclic) bond motifs is 1. The second-order valence-corrected chi connectivity index (χ2v) is 5.77. The minimum Gasteiger partial charge on any atom is -0.439 e. The fourth-order valence-corrected chi connectivity index (χ4v) is 2.58. The van der Waals surface area contributed by atoms with Crippen molar-refractivity contribution in [3.05, 3.63) is 66.7 Å². The molecule has 0 bridgehead atoms. The average Bonchev–Trinajstić information content (AvgIpc) is 2.70. The van der Waals surface area contributed by atoms with Crippen LogP contribution in [0.2, 0.25) is 0 Å². The first kappa shape index (κ1) is 16.6.